The van der Waals surface area contributed by atoms with Gasteiger partial charge in [-0.25, -0.2) is 4.98 Å². The number of likely N-dealkylation sites (N-methyl/N-ethyl adjacent to an activating group) is 1. The summed E-state index contributed by atoms with van der Waals surface area (Å²) >= 11 is 1.45. The summed E-state index contributed by atoms with van der Waals surface area (Å²) in [6.07, 6.45) is 0. The fraction of sp³-hybridized carbons (Fsp3) is 0.333. The molecule has 0 aliphatic carbocycles. The number of amides is 1. The summed E-state index contributed by atoms with van der Waals surface area (Å²) in [7, 11) is 3.33. The van der Waals surface area contributed by atoms with Crippen LogP contribution in [0.1, 0.15) is 0 Å². The number of rotatable bonds is 6. The first-order valence-electron chi connectivity index (χ1n) is 5.77. The predicted molar refractivity (Wildman–Crippen MR) is 75.4 cm³/mol. The van der Waals surface area contributed by atoms with Crippen LogP contribution in [0.3, 0.4) is 0 Å². The van der Waals surface area contributed by atoms with Crippen LogP contribution < -0.4 is 15.8 Å². The molecule has 6 nitrogen and oxygen atoms in total. The number of carbonyl (C=O) groups excluding carboxylic acids is 1. The zero-order valence-corrected chi connectivity index (χ0v) is 11.6. The molecule has 0 spiro atoms. The molecule has 0 aliphatic rings. The number of ether oxygens (including phenoxy) is 1. The number of primary amides is 1. The van der Waals surface area contributed by atoms with Crippen molar-refractivity contribution in [2.24, 2.45) is 5.73 Å². The van der Waals surface area contributed by atoms with E-state index in [9.17, 15) is 4.79 Å². The van der Waals surface area contributed by atoms with Crippen LogP contribution in [0.4, 0.5) is 0 Å². The third kappa shape index (κ3) is 3.18. The van der Waals surface area contributed by atoms with Crippen LogP contribution in [0.15, 0.2) is 23.4 Å². The van der Waals surface area contributed by atoms with Gasteiger partial charge in [0.05, 0.1) is 24.2 Å². The molecule has 0 bridgehead atoms. The van der Waals surface area contributed by atoms with Crippen molar-refractivity contribution in [2.45, 2.75) is 11.2 Å². The SMILES string of the molecule is CNC(CSc1nc2ccc(OC)cc2[nH]1)C(N)=O. The molecule has 1 heterocycles. The Kier molecular flexibility index (Phi) is 4.28. The number of nitrogens with one attached hydrogen (secondary N) is 2. The van der Waals surface area contributed by atoms with E-state index in [0.717, 1.165) is 21.9 Å². The molecule has 4 N–H and O–H groups in total. The molecule has 2 rings (SSSR count). The minimum absolute atomic E-state index is 0.368. The molecular weight excluding hydrogens is 264 g/mol. The lowest BCUT2D eigenvalue weighted by molar-refractivity contribution is -0.119. The maximum atomic E-state index is 11.1. The van der Waals surface area contributed by atoms with Gasteiger partial charge >= 0.3 is 0 Å². The van der Waals surface area contributed by atoms with Gasteiger partial charge in [-0.05, 0) is 19.2 Å². The van der Waals surface area contributed by atoms with E-state index in [1.165, 1.54) is 11.8 Å². The number of hydrogen-bond donors (Lipinski definition) is 3. The van der Waals surface area contributed by atoms with Crippen LogP contribution in [-0.2, 0) is 4.79 Å². The molecule has 0 aliphatic heterocycles. The number of carbonyl (C=O) groups is 1. The minimum atomic E-state index is -0.368. The number of benzene rings is 1. The van der Waals surface area contributed by atoms with Crippen LogP contribution in [0.2, 0.25) is 0 Å². The van der Waals surface area contributed by atoms with Crippen LogP contribution in [0.5, 0.6) is 5.75 Å². The van der Waals surface area contributed by atoms with Gasteiger partial charge in [0.25, 0.3) is 0 Å². The van der Waals surface area contributed by atoms with Gasteiger partial charge < -0.3 is 20.8 Å². The largest absolute Gasteiger partial charge is 0.497 e. The lowest BCUT2D eigenvalue weighted by Crippen LogP contribution is -2.41. The van der Waals surface area contributed by atoms with Crippen molar-refractivity contribution in [2.75, 3.05) is 19.9 Å². The molecule has 1 unspecified atom stereocenters. The molecule has 1 aromatic carbocycles. The lowest BCUT2D eigenvalue weighted by atomic mass is 10.3. The molecule has 1 aromatic heterocycles. The predicted octanol–water partition coefficient (Wildman–Crippen LogP) is 0.737. The highest BCUT2D eigenvalue weighted by Crippen LogP contribution is 2.23. The van der Waals surface area contributed by atoms with Crippen molar-refractivity contribution in [1.82, 2.24) is 15.3 Å². The Bertz CT molecular complexity index is 584. The second kappa shape index (κ2) is 5.94. The van der Waals surface area contributed by atoms with E-state index < -0.39 is 0 Å². The molecule has 1 atom stereocenters. The third-order valence-electron chi connectivity index (χ3n) is 2.75. The van der Waals surface area contributed by atoms with E-state index in [0.29, 0.717) is 5.75 Å². The average Bonchev–Trinajstić information content (AvgIpc) is 2.80. The van der Waals surface area contributed by atoms with Crippen molar-refractivity contribution >= 4 is 28.7 Å². The second-order valence-corrected chi connectivity index (χ2v) is 4.99. The van der Waals surface area contributed by atoms with E-state index in [4.69, 9.17) is 10.5 Å². The molecular formula is C12H16N4O2S. The molecule has 102 valence electrons. The molecule has 19 heavy (non-hydrogen) atoms. The molecule has 0 saturated heterocycles. The van der Waals surface area contributed by atoms with Crippen LogP contribution >= 0.6 is 11.8 Å². The molecule has 1 amide bonds. The fourth-order valence-electron chi connectivity index (χ4n) is 1.63. The summed E-state index contributed by atoms with van der Waals surface area (Å²) in [4.78, 5) is 18.7. The third-order valence-corrected chi connectivity index (χ3v) is 3.71. The van der Waals surface area contributed by atoms with Gasteiger partial charge in [0.15, 0.2) is 5.16 Å². The smallest absolute Gasteiger partial charge is 0.235 e. The van der Waals surface area contributed by atoms with Crippen molar-refractivity contribution in [3.63, 3.8) is 0 Å². The number of H-pyrrole nitrogens is 1. The summed E-state index contributed by atoms with van der Waals surface area (Å²) in [6, 6.07) is 5.26. The highest BCUT2D eigenvalue weighted by Gasteiger charge is 2.14. The molecule has 0 radical (unpaired) electrons. The average molecular weight is 280 g/mol. The van der Waals surface area contributed by atoms with E-state index in [1.807, 2.05) is 18.2 Å². The van der Waals surface area contributed by atoms with Crippen LogP contribution in [0, 0.1) is 0 Å². The van der Waals surface area contributed by atoms with Gasteiger partial charge in [-0.3, -0.25) is 4.79 Å². The summed E-state index contributed by atoms with van der Waals surface area (Å²) in [5.41, 5.74) is 7.03. The maximum Gasteiger partial charge on any atom is 0.235 e. The Morgan fingerprint density at radius 1 is 1.63 bits per heavy atom. The maximum absolute atomic E-state index is 11.1. The summed E-state index contributed by atoms with van der Waals surface area (Å²) in [5.74, 6) is 0.939. The number of thioether (sulfide) groups is 1. The van der Waals surface area contributed by atoms with E-state index in [-0.39, 0.29) is 11.9 Å². The monoisotopic (exact) mass is 280 g/mol. The summed E-state index contributed by atoms with van der Waals surface area (Å²) in [6.45, 7) is 0. The Hall–Kier alpha value is -1.73. The summed E-state index contributed by atoms with van der Waals surface area (Å²) < 4.78 is 5.15. The summed E-state index contributed by atoms with van der Waals surface area (Å²) in [5, 5.41) is 3.62. The van der Waals surface area contributed by atoms with Gasteiger partial charge in [0, 0.05) is 11.8 Å². The normalized spacial score (nSPS) is 12.5. The Morgan fingerprint density at radius 2 is 2.42 bits per heavy atom. The quantitative estimate of drug-likeness (QED) is 0.679. The van der Waals surface area contributed by atoms with Gasteiger partial charge in [0.2, 0.25) is 5.91 Å². The first kappa shape index (κ1) is 13.7. The van der Waals surface area contributed by atoms with Crippen LogP contribution in [-0.4, -0.2) is 41.8 Å². The zero-order chi connectivity index (χ0) is 13.8. The van der Waals surface area contributed by atoms with Crippen molar-refractivity contribution in [1.29, 1.82) is 0 Å². The number of nitrogens with two attached hydrogens (primary N) is 1. The van der Waals surface area contributed by atoms with Gasteiger partial charge in [-0.15, -0.1) is 0 Å². The van der Waals surface area contributed by atoms with Crippen LogP contribution in [0.25, 0.3) is 11.0 Å². The minimum Gasteiger partial charge on any atom is -0.497 e. The first-order valence-corrected chi connectivity index (χ1v) is 6.75. The van der Waals surface area contributed by atoms with E-state index >= 15 is 0 Å². The second-order valence-electron chi connectivity index (χ2n) is 3.98. The van der Waals surface area contributed by atoms with E-state index in [2.05, 4.69) is 15.3 Å². The lowest BCUT2D eigenvalue weighted by Gasteiger charge is -2.09. The fourth-order valence-corrected chi connectivity index (χ4v) is 2.63. The van der Waals surface area contributed by atoms with Gasteiger partial charge in [-0.2, -0.15) is 0 Å². The number of hydrogen-bond acceptors (Lipinski definition) is 5. The Labute approximate surface area is 115 Å². The molecule has 0 fully saturated rings. The van der Waals surface area contributed by atoms with Crippen molar-refractivity contribution < 1.29 is 9.53 Å². The van der Waals surface area contributed by atoms with Gasteiger partial charge in [0.1, 0.15) is 5.75 Å². The standard InChI is InChI=1S/C12H16N4O2S/c1-14-10(11(13)17)6-19-12-15-8-4-3-7(18-2)5-9(8)16-12/h3-5,10,14H,6H2,1-2H3,(H2,13,17)(H,15,16). The van der Waals surface area contributed by atoms with Crippen molar-refractivity contribution in [3.8, 4) is 5.75 Å². The number of aromatic nitrogens is 2. The first-order chi connectivity index (χ1) is 9.13. The molecule has 2 aromatic rings. The number of aromatic amines is 1. The molecule has 0 saturated carbocycles. The number of methoxy groups -OCH3 is 1. The highest BCUT2D eigenvalue weighted by atomic mass is 32.2. The van der Waals surface area contributed by atoms with Crippen molar-refractivity contribution in [3.05, 3.63) is 18.2 Å². The van der Waals surface area contributed by atoms with Gasteiger partial charge in [-0.1, -0.05) is 11.8 Å². The highest BCUT2D eigenvalue weighted by molar-refractivity contribution is 7.99. The number of nitrogens with zero attached hydrogens (tertiary/aromatic N) is 1. The topological polar surface area (TPSA) is 93.0 Å². The Morgan fingerprint density at radius 3 is 3.05 bits per heavy atom. The number of fused-ring (bicyclic) bond motifs is 1. The van der Waals surface area contributed by atoms with E-state index in [1.54, 1.807) is 14.2 Å². The zero-order valence-electron chi connectivity index (χ0n) is 10.8. The Balaban J connectivity index is 2.11. The molecule has 7 heteroatoms. The number of imidazole rings is 1.